The number of nitrogens with zero attached hydrogens (tertiary/aromatic N) is 3. The van der Waals surface area contributed by atoms with Crippen molar-refractivity contribution < 1.29 is 23.1 Å². The topological polar surface area (TPSA) is 58.4 Å². The fraction of sp³-hybridized carbons (Fsp3) is 0.286. The van der Waals surface area contributed by atoms with Gasteiger partial charge in [0.05, 0.1) is 11.8 Å². The van der Waals surface area contributed by atoms with Crippen LogP contribution in [-0.4, -0.2) is 39.8 Å². The highest BCUT2D eigenvalue weighted by Gasteiger charge is 2.31. The summed E-state index contributed by atoms with van der Waals surface area (Å²) in [6.07, 6.45) is -1.78. The van der Waals surface area contributed by atoms with E-state index in [4.69, 9.17) is 0 Å². The highest BCUT2D eigenvalue weighted by atomic mass is 19.4. The van der Waals surface area contributed by atoms with Crippen molar-refractivity contribution in [1.82, 2.24) is 14.7 Å². The molecule has 0 aliphatic heterocycles. The van der Waals surface area contributed by atoms with Crippen LogP contribution in [0, 0.1) is 0 Å². The number of hydrogen-bond donors (Lipinski definition) is 1. The van der Waals surface area contributed by atoms with Gasteiger partial charge in [-0.2, -0.15) is 18.3 Å². The molecule has 0 aliphatic rings. The van der Waals surface area contributed by atoms with E-state index in [1.807, 2.05) is 0 Å². The van der Waals surface area contributed by atoms with Gasteiger partial charge in [0.25, 0.3) is 0 Å². The van der Waals surface area contributed by atoms with Crippen LogP contribution in [0.15, 0.2) is 30.6 Å². The third-order valence-electron chi connectivity index (χ3n) is 3.06. The summed E-state index contributed by atoms with van der Waals surface area (Å²) in [6, 6.07) is 2.64. The third kappa shape index (κ3) is 3.38. The average Bonchev–Trinajstić information content (AvgIpc) is 2.86. The smallest absolute Gasteiger partial charge is 0.416 e. The maximum atomic E-state index is 12.7. The summed E-state index contributed by atoms with van der Waals surface area (Å²) < 4.78 is 39.5. The Labute approximate surface area is 124 Å². The molecule has 1 N–H and O–H groups in total. The molecule has 0 spiro atoms. The predicted octanol–water partition coefficient (Wildman–Crippen LogP) is 2.36. The molecule has 0 aliphatic carbocycles. The van der Waals surface area contributed by atoms with Crippen LogP contribution >= 0.6 is 0 Å². The van der Waals surface area contributed by atoms with Crippen LogP contribution in [0.4, 0.5) is 13.2 Å². The fourth-order valence-electron chi connectivity index (χ4n) is 1.81. The minimum atomic E-state index is -4.50. The lowest BCUT2D eigenvalue weighted by atomic mass is 10.0. The molecule has 1 aromatic carbocycles. The van der Waals surface area contributed by atoms with Crippen LogP contribution in [0.2, 0.25) is 0 Å². The first-order valence-electron chi connectivity index (χ1n) is 6.31. The van der Waals surface area contributed by atoms with E-state index in [1.165, 1.54) is 22.0 Å². The number of likely N-dealkylation sites (N-methyl/N-ethyl adjacent to an activating group) is 1. The maximum absolute atomic E-state index is 12.7. The quantitative estimate of drug-likeness (QED) is 0.946. The van der Waals surface area contributed by atoms with Crippen molar-refractivity contribution in [3.63, 3.8) is 0 Å². The number of aromatic hydroxyl groups is 1. The molecule has 5 nitrogen and oxygen atoms in total. The zero-order valence-electron chi connectivity index (χ0n) is 11.9. The normalized spacial score (nSPS) is 11.5. The lowest BCUT2D eigenvalue weighted by molar-refractivity contribution is -0.137. The number of carbonyl (C=O) groups is 1. The van der Waals surface area contributed by atoms with E-state index >= 15 is 0 Å². The van der Waals surface area contributed by atoms with Gasteiger partial charge in [0.2, 0.25) is 5.91 Å². The van der Waals surface area contributed by atoms with Gasteiger partial charge in [-0.25, -0.2) is 0 Å². The Morgan fingerprint density at radius 3 is 2.64 bits per heavy atom. The van der Waals surface area contributed by atoms with Crippen molar-refractivity contribution in [3.05, 3.63) is 36.2 Å². The Hall–Kier alpha value is -2.51. The van der Waals surface area contributed by atoms with Crippen molar-refractivity contribution in [2.45, 2.75) is 12.7 Å². The first-order chi connectivity index (χ1) is 10.2. The van der Waals surface area contributed by atoms with Crippen LogP contribution in [0.25, 0.3) is 11.1 Å². The van der Waals surface area contributed by atoms with Crippen molar-refractivity contribution in [1.29, 1.82) is 0 Å². The van der Waals surface area contributed by atoms with Gasteiger partial charge >= 0.3 is 6.18 Å². The second-order valence-electron chi connectivity index (χ2n) is 4.94. The molecule has 2 rings (SSSR count). The average molecular weight is 313 g/mol. The molecule has 1 amide bonds. The van der Waals surface area contributed by atoms with Gasteiger partial charge < -0.3 is 10.0 Å². The van der Waals surface area contributed by atoms with Gasteiger partial charge in [-0.15, -0.1) is 0 Å². The largest absolute Gasteiger partial charge is 0.507 e. The number of phenols is 1. The minimum Gasteiger partial charge on any atom is -0.507 e. The van der Waals surface area contributed by atoms with E-state index in [2.05, 4.69) is 5.10 Å². The molecule has 0 saturated carbocycles. The monoisotopic (exact) mass is 313 g/mol. The SMILES string of the molecule is CN(C)C(=O)Cn1cc(-c2cc(C(F)(F)F)ccc2O)cn1. The van der Waals surface area contributed by atoms with E-state index in [0.717, 1.165) is 18.2 Å². The summed E-state index contributed by atoms with van der Waals surface area (Å²) in [4.78, 5) is 13.0. The van der Waals surface area contributed by atoms with Gasteiger partial charge in [-0.05, 0) is 18.2 Å². The number of benzene rings is 1. The molecule has 22 heavy (non-hydrogen) atoms. The standard InChI is InChI=1S/C14H14F3N3O2/c1-19(2)13(22)8-20-7-9(6-18-20)11-5-10(14(15,16)17)3-4-12(11)21/h3-7,21H,8H2,1-2H3. The first-order valence-corrected chi connectivity index (χ1v) is 6.31. The van der Waals surface area contributed by atoms with E-state index in [1.54, 1.807) is 14.1 Å². The predicted molar refractivity (Wildman–Crippen MR) is 73.0 cm³/mol. The molecule has 8 heteroatoms. The number of aromatic nitrogens is 2. The molecule has 0 atom stereocenters. The number of hydrogen-bond acceptors (Lipinski definition) is 3. The number of rotatable bonds is 3. The summed E-state index contributed by atoms with van der Waals surface area (Å²) in [7, 11) is 3.18. The molecule has 1 aromatic heterocycles. The van der Waals surface area contributed by atoms with Gasteiger partial charge in [-0.1, -0.05) is 0 Å². The molecule has 0 bridgehead atoms. The van der Waals surface area contributed by atoms with Crippen LogP contribution in [0.3, 0.4) is 0 Å². The first kappa shape index (κ1) is 15.9. The van der Waals surface area contributed by atoms with Crippen LogP contribution in [-0.2, 0) is 17.5 Å². The zero-order chi connectivity index (χ0) is 16.5. The van der Waals surface area contributed by atoms with E-state index in [-0.39, 0.29) is 23.8 Å². The molecule has 1 heterocycles. The maximum Gasteiger partial charge on any atom is 0.416 e. The molecular weight excluding hydrogens is 299 g/mol. The summed E-state index contributed by atoms with van der Waals surface area (Å²) in [5, 5.41) is 13.7. The number of carbonyl (C=O) groups excluding carboxylic acids is 1. The molecule has 0 unspecified atom stereocenters. The van der Waals surface area contributed by atoms with Gasteiger partial charge in [0.15, 0.2) is 0 Å². The van der Waals surface area contributed by atoms with Crippen molar-refractivity contribution in [2.75, 3.05) is 14.1 Å². The molecule has 0 fully saturated rings. The molecular formula is C14H14F3N3O2. The number of halogens is 3. The van der Waals surface area contributed by atoms with E-state index in [9.17, 15) is 23.1 Å². The second-order valence-corrected chi connectivity index (χ2v) is 4.94. The lowest BCUT2D eigenvalue weighted by Gasteiger charge is -2.10. The van der Waals surface area contributed by atoms with E-state index < -0.39 is 11.7 Å². The number of alkyl halides is 3. The van der Waals surface area contributed by atoms with Crippen molar-refractivity contribution in [2.24, 2.45) is 0 Å². The Bertz CT molecular complexity index is 693. The number of amides is 1. The number of phenolic OH excluding ortho intramolecular Hbond substituents is 1. The Kier molecular flexibility index (Phi) is 4.11. The van der Waals surface area contributed by atoms with Gasteiger partial charge in [0, 0.05) is 31.4 Å². The summed E-state index contributed by atoms with van der Waals surface area (Å²) in [5.74, 6) is -0.491. The Morgan fingerprint density at radius 2 is 2.05 bits per heavy atom. The van der Waals surface area contributed by atoms with E-state index in [0.29, 0.717) is 5.56 Å². The highest BCUT2D eigenvalue weighted by Crippen LogP contribution is 2.36. The third-order valence-corrected chi connectivity index (χ3v) is 3.06. The van der Waals surface area contributed by atoms with Gasteiger partial charge in [-0.3, -0.25) is 9.48 Å². The molecule has 0 saturated heterocycles. The highest BCUT2D eigenvalue weighted by molar-refractivity contribution is 5.75. The fourth-order valence-corrected chi connectivity index (χ4v) is 1.81. The molecule has 0 radical (unpaired) electrons. The van der Waals surface area contributed by atoms with Crippen molar-refractivity contribution in [3.8, 4) is 16.9 Å². The second kappa shape index (κ2) is 5.70. The molecule has 118 valence electrons. The lowest BCUT2D eigenvalue weighted by Crippen LogP contribution is -2.26. The summed E-state index contributed by atoms with van der Waals surface area (Å²) in [6.45, 7) is -0.0350. The van der Waals surface area contributed by atoms with Crippen LogP contribution < -0.4 is 0 Å². The van der Waals surface area contributed by atoms with Crippen LogP contribution in [0.5, 0.6) is 5.75 Å². The summed E-state index contributed by atoms with van der Waals surface area (Å²) >= 11 is 0. The molecule has 2 aromatic rings. The minimum absolute atomic E-state index is 0.0124. The van der Waals surface area contributed by atoms with Crippen molar-refractivity contribution >= 4 is 5.91 Å². The van der Waals surface area contributed by atoms with Crippen LogP contribution in [0.1, 0.15) is 5.56 Å². The van der Waals surface area contributed by atoms with Gasteiger partial charge in [0.1, 0.15) is 12.3 Å². The Morgan fingerprint density at radius 1 is 1.36 bits per heavy atom. The summed E-state index contributed by atoms with van der Waals surface area (Å²) in [5.41, 5.74) is -0.550. The Balaban J connectivity index is 2.33. The zero-order valence-corrected chi connectivity index (χ0v) is 11.9.